The van der Waals surface area contributed by atoms with E-state index >= 15 is 0 Å². The van der Waals surface area contributed by atoms with Crippen LogP contribution < -0.4 is 9.47 Å². The highest BCUT2D eigenvalue weighted by molar-refractivity contribution is 6.31. The van der Waals surface area contributed by atoms with Gasteiger partial charge in [-0.15, -0.1) is 0 Å². The number of ether oxygens (including phenoxy) is 2. The second-order valence-corrected chi connectivity index (χ2v) is 4.94. The van der Waals surface area contributed by atoms with E-state index in [0.29, 0.717) is 22.9 Å². The highest BCUT2D eigenvalue weighted by Gasteiger charge is 2.25. The number of hydrogen-bond acceptors (Lipinski definition) is 3. The third kappa shape index (κ3) is 2.38. The molecule has 1 aliphatic rings. The summed E-state index contributed by atoms with van der Waals surface area (Å²) in [6.07, 6.45) is 0.456. The second kappa shape index (κ2) is 5.06. The van der Waals surface area contributed by atoms with E-state index in [0.717, 1.165) is 11.1 Å². The Morgan fingerprint density at radius 2 is 2.22 bits per heavy atom. The Bertz CT molecular complexity index is 482. The van der Waals surface area contributed by atoms with Gasteiger partial charge < -0.3 is 14.6 Å². The Morgan fingerprint density at radius 3 is 2.83 bits per heavy atom. The van der Waals surface area contributed by atoms with E-state index in [1.807, 2.05) is 13.8 Å². The van der Waals surface area contributed by atoms with Gasteiger partial charge >= 0.3 is 5.97 Å². The molecule has 1 aromatic carbocycles. The SMILES string of the molecule is CC(C)c1c(CCC(=O)O)c(Cl)cc2c1OCO2. The lowest BCUT2D eigenvalue weighted by atomic mass is 9.93. The average Bonchev–Trinajstić information content (AvgIpc) is 2.71. The van der Waals surface area contributed by atoms with Crippen molar-refractivity contribution in [1.29, 1.82) is 0 Å². The lowest BCUT2D eigenvalue weighted by Crippen LogP contribution is -2.04. The summed E-state index contributed by atoms with van der Waals surface area (Å²) in [7, 11) is 0. The number of carboxylic acids is 1. The number of rotatable bonds is 4. The zero-order valence-corrected chi connectivity index (χ0v) is 11.1. The number of fused-ring (bicyclic) bond motifs is 1. The lowest BCUT2D eigenvalue weighted by molar-refractivity contribution is -0.136. The largest absolute Gasteiger partial charge is 0.481 e. The molecule has 0 saturated carbocycles. The molecule has 1 aromatic rings. The third-order valence-corrected chi connectivity index (χ3v) is 3.26. The van der Waals surface area contributed by atoms with Gasteiger partial charge in [0.25, 0.3) is 0 Å². The first-order valence-electron chi connectivity index (χ1n) is 5.83. The van der Waals surface area contributed by atoms with Crippen LogP contribution in [-0.2, 0) is 11.2 Å². The number of aliphatic carboxylic acids is 1. The zero-order valence-electron chi connectivity index (χ0n) is 10.3. The molecule has 0 aliphatic carbocycles. The standard InChI is InChI=1S/C13H15ClO4/c1-7(2)12-8(3-4-11(15)16)9(14)5-10-13(12)18-6-17-10/h5,7H,3-4,6H2,1-2H3,(H,15,16). The fourth-order valence-corrected chi connectivity index (χ4v) is 2.47. The summed E-state index contributed by atoms with van der Waals surface area (Å²) >= 11 is 6.21. The molecule has 5 heteroatoms. The molecule has 0 bridgehead atoms. The molecule has 2 rings (SSSR count). The van der Waals surface area contributed by atoms with Crippen LogP contribution in [0.15, 0.2) is 6.07 Å². The van der Waals surface area contributed by atoms with Crippen molar-refractivity contribution in [1.82, 2.24) is 0 Å². The Hall–Kier alpha value is -1.42. The van der Waals surface area contributed by atoms with Gasteiger partial charge in [0.1, 0.15) is 0 Å². The van der Waals surface area contributed by atoms with Crippen molar-refractivity contribution in [3.8, 4) is 11.5 Å². The van der Waals surface area contributed by atoms with Crippen LogP contribution in [0.2, 0.25) is 5.02 Å². The smallest absolute Gasteiger partial charge is 0.303 e. The molecule has 0 radical (unpaired) electrons. The number of hydrogen-bond donors (Lipinski definition) is 1. The Kier molecular flexibility index (Phi) is 3.66. The first kappa shape index (κ1) is 13.0. The molecular formula is C13H15ClO4. The van der Waals surface area contributed by atoms with Crippen molar-refractivity contribution in [3.05, 3.63) is 22.2 Å². The maximum absolute atomic E-state index is 10.7. The fourth-order valence-electron chi connectivity index (χ4n) is 2.17. The second-order valence-electron chi connectivity index (χ2n) is 4.53. The van der Waals surface area contributed by atoms with Crippen molar-refractivity contribution in [3.63, 3.8) is 0 Å². The van der Waals surface area contributed by atoms with Crippen molar-refractivity contribution >= 4 is 17.6 Å². The van der Waals surface area contributed by atoms with E-state index in [9.17, 15) is 4.79 Å². The minimum Gasteiger partial charge on any atom is -0.481 e. The van der Waals surface area contributed by atoms with Crippen LogP contribution in [-0.4, -0.2) is 17.9 Å². The van der Waals surface area contributed by atoms with Gasteiger partial charge in [0, 0.05) is 23.1 Å². The minimum absolute atomic E-state index is 0.0546. The van der Waals surface area contributed by atoms with Gasteiger partial charge in [0.2, 0.25) is 6.79 Å². The van der Waals surface area contributed by atoms with E-state index in [-0.39, 0.29) is 19.1 Å². The number of halogens is 1. The molecule has 0 saturated heterocycles. The van der Waals surface area contributed by atoms with Crippen LogP contribution in [0.4, 0.5) is 0 Å². The molecule has 0 spiro atoms. The molecule has 0 unspecified atom stereocenters. The van der Waals surface area contributed by atoms with Gasteiger partial charge in [-0.1, -0.05) is 25.4 Å². The highest BCUT2D eigenvalue weighted by Crippen LogP contribution is 2.44. The summed E-state index contributed by atoms with van der Waals surface area (Å²) in [5.74, 6) is 0.707. The van der Waals surface area contributed by atoms with Gasteiger partial charge in [-0.05, 0) is 17.9 Å². The van der Waals surface area contributed by atoms with E-state index in [1.165, 1.54) is 0 Å². The molecule has 4 nitrogen and oxygen atoms in total. The van der Waals surface area contributed by atoms with Crippen molar-refractivity contribution in [2.24, 2.45) is 0 Å². The third-order valence-electron chi connectivity index (χ3n) is 2.92. The van der Waals surface area contributed by atoms with E-state index < -0.39 is 5.97 Å². The summed E-state index contributed by atoms with van der Waals surface area (Å²) < 4.78 is 10.8. The van der Waals surface area contributed by atoms with Gasteiger partial charge in [0.15, 0.2) is 11.5 Å². The van der Waals surface area contributed by atoms with Crippen molar-refractivity contribution < 1.29 is 19.4 Å². The highest BCUT2D eigenvalue weighted by atomic mass is 35.5. The maximum atomic E-state index is 10.7. The average molecular weight is 271 g/mol. The number of carboxylic acid groups (broad SMARTS) is 1. The van der Waals surface area contributed by atoms with Gasteiger partial charge in [0.05, 0.1) is 0 Å². The molecule has 0 amide bonds. The van der Waals surface area contributed by atoms with Gasteiger partial charge in [-0.3, -0.25) is 4.79 Å². The monoisotopic (exact) mass is 270 g/mol. The van der Waals surface area contributed by atoms with E-state index in [4.69, 9.17) is 26.2 Å². The molecule has 0 atom stereocenters. The first-order chi connectivity index (χ1) is 8.50. The maximum Gasteiger partial charge on any atom is 0.303 e. The molecule has 1 heterocycles. The van der Waals surface area contributed by atoms with Crippen LogP contribution in [0.1, 0.15) is 37.3 Å². The van der Waals surface area contributed by atoms with E-state index in [1.54, 1.807) is 6.07 Å². The van der Waals surface area contributed by atoms with Crippen LogP contribution >= 0.6 is 11.6 Å². The van der Waals surface area contributed by atoms with Crippen molar-refractivity contribution in [2.75, 3.05) is 6.79 Å². The molecule has 18 heavy (non-hydrogen) atoms. The number of carbonyl (C=O) groups is 1. The van der Waals surface area contributed by atoms with Crippen molar-refractivity contribution in [2.45, 2.75) is 32.6 Å². The summed E-state index contributed by atoms with van der Waals surface area (Å²) in [5.41, 5.74) is 1.80. The molecule has 1 aliphatic heterocycles. The van der Waals surface area contributed by atoms with E-state index in [2.05, 4.69) is 0 Å². The zero-order chi connectivity index (χ0) is 13.3. The minimum atomic E-state index is -0.835. The van der Waals surface area contributed by atoms with Gasteiger partial charge in [-0.2, -0.15) is 0 Å². The number of benzene rings is 1. The molecule has 98 valence electrons. The topological polar surface area (TPSA) is 55.8 Å². The summed E-state index contributed by atoms with van der Waals surface area (Å²) in [6.45, 7) is 4.24. The Balaban J connectivity index is 2.46. The fraction of sp³-hybridized carbons (Fsp3) is 0.462. The first-order valence-corrected chi connectivity index (χ1v) is 6.21. The summed E-state index contributed by atoms with van der Waals surface area (Å²) in [6, 6.07) is 1.70. The van der Waals surface area contributed by atoms with Crippen LogP contribution in [0.25, 0.3) is 0 Å². The Labute approximate surface area is 110 Å². The Morgan fingerprint density at radius 1 is 1.50 bits per heavy atom. The molecule has 1 N–H and O–H groups in total. The van der Waals surface area contributed by atoms with Crippen LogP contribution in [0, 0.1) is 0 Å². The normalized spacial score (nSPS) is 13.1. The van der Waals surface area contributed by atoms with Crippen LogP contribution in [0.5, 0.6) is 11.5 Å². The van der Waals surface area contributed by atoms with Gasteiger partial charge in [-0.25, -0.2) is 0 Å². The lowest BCUT2D eigenvalue weighted by Gasteiger charge is -2.16. The molecule has 0 aromatic heterocycles. The molecule has 0 fully saturated rings. The summed E-state index contributed by atoms with van der Waals surface area (Å²) in [5, 5.41) is 9.34. The van der Waals surface area contributed by atoms with Crippen LogP contribution in [0.3, 0.4) is 0 Å². The quantitative estimate of drug-likeness (QED) is 0.913. The summed E-state index contributed by atoms with van der Waals surface area (Å²) in [4.78, 5) is 10.7. The predicted octanol–water partition coefficient (Wildman–Crippen LogP) is 3.21. The predicted molar refractivity (Wildman–Crippen MR) is 67.6 cm³/mol. The molecular weight excluding hydrogens is 256 g/mol.